The number of aryl methyl sites for hydroxylation is 1. The standard InChI is InChI=1S/C31H38N8O4S/c1-4-15-38-28-26(29-36-32-21-39(29)30(38)40)34-27(35-28)24-19-23(11-12-25(24)43-18-5-2)44(41,42)33-20-31(13-16-37(3)17-14-31)22-9-7-6-8-10-22/h6-12,19,21,33H,4-5,13-18,20H2,1-3H3,(H,34,35). The monoisotopic (exact) mass is 618 g/mol. The Kier molecular flexibility index (Phi) is 8.27. The first kappa shape index (κ1) is 30.0. The molecule has 1 saturated heterocycles. The predicted octanol–water partition coefficient (Wildman–Crippen LogP) is 3.58. The SMILES string of the molecule is CCCOc1ccc(S(=O)(=O)NCC2(c3ccccc3)CCN(C)CC2)cc1-c1nc2c([nH]1)c1nncn1c(=O)n2CCC. The van der Waals surface area contributed by atoms with Crippen LogP contribution < -0.4 is 15.1 Å². The minimum absolute atomic E-state index is 0.103. The van der Waals surface area contributed by atoms with Gasteiger partial charge in [-0.15, -0.1) is 10.2 Å². The van der Waals surface area contributed by atoms with Crippen LogP contribution in [0.1, 0.15) is 45.1 Å². The fourth-order valence-corrected chi connectivity index (χ4v) is 7.11. The quantitative estimate of drug-likeness (QED) is 0.229. The molecule has 1 fully saturated rings. The molecule has 5 aromatic rings. The molecule has 0 bridgehead atoms. The first-order chi connectivity index (χ1) is 21.3. The number of benzene rings is 2. The third kappa shape index (κ3) is 5.51. The molecule has 0 saturated carbocycles. The second kappa shape index (κ2) is 12.1. The molecule has 0 radical (unpaired) electrons. The van der Waals surface area contributed by atoms with E-state index >= 15 is 0 Å². The van der Waals surface area contributed by atoms with Crippen LogP contribution in [0.3, 0.4) is 0 Å². The molecule has 0 atom stereocenters. The van der Waals surface area contributed by atoms with Crippen LogP contribution in [0.4, 0.5) is 0 Å². The lowest BCUT2D eigenvalue weighted by atomic mass is 9.73. The Morgan fingerprint density at radius 1 is 1.05 bits per heavy atom. The van der Waals surface area contributed by atoms with E-state index in [-0.39, 0.29) is 22.5 Å². The van der Waals surface area contributed by atoms with E-state index in [2.05, 4.69) is 44.0 Å². The Morgan fingerprint density at radius 2 is 1.82 bits per heavy atom. The molecule has 232 valence electrons. The minimum Gasteiger partial charge on any atom is -0.493 e. The number of aromatic nitrogens is 6. The normalized spacial score (nSPS) is 15.7. The van der Waals surface area contributed by atoms with E-state index in [0.717, 1.165) is 44.3 Å². The molecule has 0 spiro atoms. The van der Waals surface area contributed by atoms with Crippen molar-refractivity contribution in [1.29, 1.82) is 0 Å². The van der Waals surface area contributed by atoms with Crippen LogP contribution in [0.5, 0.6) is 5.75 Å². The van der Waals surface area contributed by atoms with E-state index in [1.54, 1.807) is 22.8 Å². The number of hydrogen-bond acceptors (Lipinski definition) is 8. The largest absolute Gasteiger partial charge is 0.493 e. The number of fused-ring (bicyclic) bond motifs is 3. The van der Waals surface area contributed by atoms with Crippen molar-refractivity contribution in [3.05, 3.63) is 70.9 Å². The zero-order valence-corrected chi connectivity index (χ0v) is 26.1. The highest BCUT2D eigenvalue weighted by atomic mass is 32.2. The van der Waals surface area contributed by atoms with Gasteiger partial charge in [0.15, 0.2) is 11.3 Å². The molecule has 3 aromatic heterocycles. The maximum atomic E-state index is 13.9. The maximum absolute atomic E-state index is 13.9. The molecule has 2 aromatic carbocycles. The van der Waals surface area contributed by atoms with E-state index in [4.69, 9.17) is 9.72 Å². The van der Waals surface area contributed by atoms with Crippen molar-refractivity contribution in [3.63, 3.8) is 0 Å². The first-order valence-electron chi connectivity index (χ1n) is 15.1. The zero-order valence-electron chi connectivity index (χ0n) is 25.3. The van der Waals surface area contributed by atoms with Crippen molar-refractivity contribution in [3.8, 4) is 17.1 Å². The van der Waals surface area contributed by atoms with Crippen molar-refractivity contribution in [2.24, 2.45) is 0 Å². The number of likely N-dealkylation sites (tertiary alicyclic amines) is 1. The molecule has 12 nitrogen and oxygen atoms in total. The summed E-state index contributed by atoms with van der Waals surface area (Å²) in [5.41, 5.74) is 2.32. The van der Waals surface area contributed by atoms with Gasteiger partial charge in [0.2, 0.25) is 10.0 Å². The van der Waals surface area contributed by atoms with Gasteiger partial charge >= 0.3 is 5.69 Å². The van der Waals surface area contributed by atoms with Crippen LogP contribution in [-0.4, -0.2) is 75.7 Å². The van der Waals surface area contributed by atoms with Crippen molar-refractivity contribution in [2.75, 3.05) is 33.3 Å². The van der Waals surface area contributed by atoms with E-state index in [1.165, 1.54) is 10.7 Å². The number of aromatic amines is 1. The lowest BCUT2D eigenvalue weighted by Crippen LogP contribution is -2.48. The summed E-state index contributed by atoms with van der Waals surface area (Å²) in [6.45, 7) is 6.94. The van der Waals surface area contributed by atoms with Crippen LogP contribution >= 0.6 is 0 Å². The molecule has 4 heterocycles. The minimum atomic E-state index is -3.91. The smallest absolute Gasteiger partial charge is 0.336 e. The van der Waals surface area contributed by atoms with Crippen molar-refractivity contribution < 1.29 is 13.2 Å². The van der Waals surface area contributed by atoms with Gasteiger partial charge in [-0.2, -0.15) is 0 Å². The topological polar surface area (TPSA) is 140 Å². The summed E-state index contributed by atoms with van der Waals surface area (Å²) in [6.07, 6.45) is 4.57. The highest BCUT2D eigenvalue weighted by molar-refractivity contribution is 7.89. The Bertz CT molecular complexity index is 1940. The molecule has 0 amide bonds. The average molecular weight is 619 g/mol. The second-order valence-electron chi connectivity index (χ2n) is 11.5. The van der Waals surface area contributed by atoms with Crippen LogP contribution in [0.2, 0.25) is 0 Å². The molecule has 13 heteroatoms. The number of H-pyrrole nitrogens is 1. The molecule has 2 N–H and O–H groups in total. The van der Waals surface area contributed by atoms with Gasteiger partial charge in [0.25, 0.3) is 0 Å². The summed E-state index contributed by atoms with van der Waals surface area (Å²) in [5.74, 6) is 0.863. The number of rotatable bonds is 11. The summed E-state index contributed by atoms with van der Waals surface area (Å²) in [5, 5.41) is 8.07. The number of sulfonamides is 1. The van der Waals surface area contributed by atoms with Gasteiger partial charge in [-0.05, 0) is 69.6 Å². The zero-order chi connectivity index (χ0) is 30.9. The van der Waals surface area contributed by atoms with Gasteiger partial charge in [-0.3, -0.25) is 4.57 Å². The lowest BCUT2D eigenvalue weighted by Gasteiger charge is -2.41. The molecule has 1 aliphatic rings. The van der Waals surface area contributed by atoms with Gasteiger partial charge in [0.1, 0.15) is 23.4 Å². The summed E-state index contributed by atoms with van der Waals surface area (Å²) < 4.78 is 39.6. The van der Waals surface area contributed by atoms with Crippen LogP contribution in [0.15, 0.2) is 64.5 Å². The van der Waals surface area contributed by atoms with E-state index < -0.39 is 10.0 Å². The molecule has 0 aliphatic carbocycles. The highest BCUT2D eigenvalue weighted by Crippen LogP contribution is 2.36. The molecule has 1 aliphatic heterocycles. The lowest BCUT2D eigenvalue weighted by molar-refractivity contribution is 0.188. The molecule has 6 rings (SSSR count). The second-order valence-corrected chi connectivity index (χ2v) is 13.3. The number of imidazole rings is 1. The van der Waals surface area contributed by atoms with E-state index in [9.17, 15) is 13.2 Å². The number of hydrogen-bond donors (Lipinski definition) is 2. The number of ether oxygens (including phenoxy) is 1. The summed E-state index contributed by atoms with van der Waals surface area (Å²) in [7, 11) is -1.82. The number of nitrogens with zero attached hydrogens (tertiary/aromatic N) is 6. The predicted molar refractivity (Wildman–Crippen MR) is 168 cm³/mol. The number of nitrogens with one attached hydrogen (secondary N) is 2. The summed E-state index contributed by atoms with van der Waals surface area (Å²) in [4.78, 5) is 23.6. The fourth-order valence-electron chi connectivity index (χ4n) is 5.96. The van der Waals surface area contributed by atoms with Crippen LogP contribution in [-0.2, 0) is 22.0 Å². The summed E-state index contributed by atoms with van der Waals surface area (Å²) >= 11 is 0. The fraction of sp³-hybridized carbons (Fsp3) is 0.419. The van der Waals surface area contributed by atoms with E-state index in [0.29, 0.717) is 47.1 Å². The first-order valence-corrected chi connectivity index (χ1v) is 16.6. The third-order valence-electron chi connectivity index (χ3n) is 8.50. The molecule has 0 unspecified atom stereocenters. The Labute approximate surface area is 256 Å². The van der Waals surface area contributed by atoms with Gasteiger partial charge in [-0.1, -0.05) is 44.2 Å². The van der Waals surface area contributed by atoms with Crippen LogP contribution in [0.25, 0.3) is 28.2 Å². The molecular weight excluding hydrogens is 580 g/mol. The molecule has 44 heavy (non-hydrogen) atoms. The average Bonchev–Trinajstić information content (AvgIpc) is 3.71. The summed E-state index contributed by atoms with van der Waals surface area (Å²) in [6, 6.07) is 15.0. The Balaban J connectivity index is 1.40. The maximum Gasteiger partial charge on any atom is 0.336 e. The van der Waals surface area contributed by atoms with Crippen molar-refractivity contribution in [2.45, 2.75) is 56.4 Å². The van der Waals surface area contributed by atoms with Crippen molar-refractivity contribution >= 4 is 26.8 Å². The van der Waals surface area contributed by atoms with Gasteiger partial charge in [-0.25, -0.2) is 27.3 Å². The van der Waals surface area contributed by atoms with Gasteiger partial charge < -0.3 is 14.6 Å². The molecular formula is C31H38N8O4S. The van der Waals surface area contributed by atoms with Crippen molar-refractivity contribution in [1.82, 2.24) is 38.8 Å². The third-order valence-corrected chi connectivity index (χ3v) is 9.90. The number of piperidine rings is 1. The Hall–Kier alpha value is -4.07. The van der Waals surface area contributed by atoms with Gasteiger partial charge in [0, 0.05) is 18.5 Å². The Morgan fingerprint density at radius 3 is 2.55 bits per heavy atom. The van der Waals surface area contributed by atoms with Gasteiger partial charge in [0.05, 0.1) is 17.1 Å². The van der Waals surface area contributed by atoms with E-state index in [1.807, 2.05) is 32.0 Å². The highest BCUT2D eigenvalue weighted by Gasteiger charge is 2.36. The van der Waals surface area contributed by atoms with Crippen LogP contribution in [0, 0.1) is 0 Å².